The van der Waals surface area contributed by atoms with Gasteiger partial charge in [0.2, 0.25) is 0 Å². The van der Waals surface area contributed by atoms with Crippen LogP contribution >= 0.6 is 11.8 Å². The van der Waals surface area contributed by atoms with Crippen LogP contribution in [0.15, 0.2) is 0 Å². The summed E-state index contributed by atoms with van der Waals surface area (Å²) < 4.78 is 0. The minimum Gasteiger partial charge on any atom is -0.328 e. The van der Waals surface area contributed by atoms with Gasteiger partial charge in [0.05, 0.1) is 0 Å². The average Bonchev–Trinajstić information content (AvgIpc) is 1.90. The molecule has 0 aromatic carbocycles. The van der Waals surface area contributed by atoms with Gasteiger partial charge in [-0.2, -0.15) is 11.8 Å². The standard InChI is InChI=1S/C4H9NS.C3H9N/c1-3-6-4-2-5-1;1-3(2)4/h5H,1-4H2;3H,4H2,1-2H3. The minimum absolute atomic E-state index is 0.333. The van der Waals surface area contributed by atoms with E-state index >= 15 is 0 Å². The van der Waals surface area contributed by atoms with Crippen molar-refractivity contribution in [2.75, 3.05) is 24.6 Å². The van der Waals surface area contributed by atoms with Crippen LogP contribution in [0.4, 0.5) is 0 Å². The molecule has 1 aliphatic rings. The van der Waals surface area contributed by atoms with Gasteiger partial charge in [-0.25, -0.2) is 0 Å². The Hall–Kier alpha value is 0.270. The molecule has 3 heteroatoms. The van der Waals surface area contributed by atoms with Gasteiger partial charge < -0.3 is 11.1 Å². The van der Waals surface area contributed by atoms with E-state index in [2.05, 4.69) is 5.32 Å². The van der Waals surface area contributed by atoms with E-state index in [4.69, 9.17) is 5.73 Å². The van der Waals surface area contributed by atoms with Crippen LogP contribution in [-0.2, 0) is 0 Å². The van der Waals surface area contributed by atoms with Gasteiger partial charge in [-0.15, -0.1) is 0 Å². The first-order valence-corrected chi connectivity index (χ1v) is 4.93. The molecule has 0 spiro atoms. The van der Waals surface area contributed by atoms with Gasteiger partial charge in [0, 0.05) is 24.6 Å². The van der Waals surface area contributed by atoms with E-state index in [0.717, 1.165) is 0 Å². The third-order valence-corrected chi connectivity index (χ3v) is 1.83. The lowest BCUT2D eigenvalue weighted by atomic mass is 10.5. The smallest absolute Gasteiger partial charge is 0.00585 e. The topological polar surface area (TPSA) is 38.0 Å². The first kappa shape index (κ1) is 10.3. The zero-order valence-electron chi connectivity index (χ0n) is 6.89. The van der Waals surface area contributed by atoms with E-state index in [1.54, 1.807) is 0 Å². The quantitative estimate of drug-likeness (QED) is 0.550. The van der Waals surface area contributed by atoms with Crippen LogP contribution < -0.4 is 11.1 Å². The van der Waals surface area contributed by atoms with Crippen molar-refractivity contribution in [2.45, 2.75) is 19.9 Å². The van der Waals surface area contributed by atoms with Crippen molar-refractivity contribution in [1.29, 1.82) is 0 Å². The molecule has 0 aromatic heterocycles. The molecule has 0 aromatic rings. The minimum atomic E-state index is 0.333. The summed E-state index contributed by atoms with van der Waals surface area (Å²) in [5, 5.41) is 3.26. The summed E-state index contributed by atoms with van der Waals surface area (Å²) in [7, 11) is 0. The van der Waals surface area contributed by atoms with Crippen LogP contribution in [0, 0.1) is 0 Å². The van der Waals surface area contributed by atoms with Gasteiger partial charge in [-0.3, -0.25) is 0 Å². The zero-order valence-corrected chi connectivity index (χ0v) is 7.71. The molecular weight excluding hydrogens is 144 g/mol. The summed E-state index contributed by atoms with van der Waals surface area (Å²) in [5.41, 5.74) is 5.11. The van der Waals surface area contributed by atoms with Crippen molar-refractivity contribution >= 4 is 11.8 Å². The second kappa shape index (κ2) is 7.38. The summed E-state index contributed by atoms with van der Waals surface area (Å²) in [6.45, 7) is 6.31. The van der Waals surface area contributed by atoms with Crippen molar-refractivity contribution in [2.24, 2.45) is 5.73 Å². The Labute approximate surface area is 67.9 Å². The Balaban J connectivity index is 0.000000180. The van der Waals surface area contributed by atoms with Gasteiger partial charge in [-0.05, 0) is 6.04 Å². The van der Waals surface area contributed by atoms with Crippen molar-refractivity contribution in [3.05, 3.63) is 0 Å². The second-order valence-electron chi connectivity index (χ2n) is 2.61. The molecule has 0 unspecified atom stereocenters. The number of nitrogens with two attached hydrogens (primary N) is 1. The van der Waals surface area contributed by atoms with E-state index in [-0.39, 0.29) is 0 Å². The van der Waals surface area contributed by atoms with E-state index in [9.17, 15) is 0 Å². The average molecular weight is 162 g/mol. The molecule has 0 bridgehead atoms. The fourth-order valence-electron chi connectivity index (χ4n) is 0.516. The summed E-state index contributed by atoms with van der Waals surface area (Å²) in [6.07, 6.45) is 0. The van der Waals surface area contributed by atoms with Crippen LogP contribution in [0.5, 0.6) is 0 Å². The van der Waals surface area contributed by atoms with Gasteiger partial charge >= 0.3 is 0 Å². The second-order valence-corrected chi connectivity index (χ2v) is 3.83. The number of nitrogens with one attached hydrogen (secondary N) is 1. The summed E-state index contributed by atoms with van der Waals surface area (Å²) in [5.74, 6) is 2.61. The van der Waals surface area contributed by atoms with Crippen molar-refractivity contribution in [3.8, 4) is 0 Å². The van der Waals surface area contributed by atoms with Crippen molar-refractivity contribution in [1.82, 2.24) is 5.32 Å². The first-order chi connectivity index (χ1) is 4.73. The van der Waals surface area contributed by atoms with Crippen LogP contribution in [0.3, 0.4) is 0 Å². The number of rotatable bonds is 0. The molecular formula is C7H18N2S. The first-order valence-electron chi connectivity index (χ1n) is 3.77. The maximum atomic E-state index is 5.11. The molecule has 0 saturated carbocycles. The van der Waals surface area contributed by atoms with Gasteiger partial charge in [-0.1, -0.05) is 13.8 Å². The highest BCUT2D eigenvalue weighted by atomic mass is 32.2. The summed E-state index contributed by atoms with van der Waals surface area (Å²) in [4.78, 5) is 0. The molecule has 0 amide bonds. The van der Waals surface area contributed by atoms with Crippen LogP contribution in [0.1, 0.15) is 13.8 Å². The zero-order chi connectivity index (χ0) is 7.82. The third kappa shape index (κ3) is 11.1. The van der Waals surface area contributed by atoms with Crippen molar-refractivity contribution < 1.29 is 0 Å². The fraction of sp³-hybridized carbons (Fsp3) is 1.00. The van der Waals surface area contributed by atoms with Crippen LogP contribution in [0.2, 0.25) is 0 Å². The molecule has 2 nitrogen and oxygen atoms in total. The Kier molecular flexibility index (Phi) is 7.58. The summed E-state index contributed by atoms with van der Waals surface area (Å²) in [6, 6.07) is 0.333. The Morgan fingerprint density at radius 1 is 1.30 bits per heavy atom. The molecule has 1 saturated heterocycles. The molecule has 0 radical (unpaired) electrons. The number of thioether (sulfide) groups is 1. The van der Waals surface area contributed by atoms with E-state index in [1.807, 2.05) is 25.6 Å². The monoisotopic (exact) mass is 162 g/mol. The number of hydrogen-bond donors (Lipinski definition) is 2. The van der Waals surface area contributed by atoms with Crippen LogP contribution in [0.25, 0.3) is 0 Å². The predicted octanol–water partition coefficient (Wildman–Crippen LogP) is 0.676. The molecule has 3 N–H and O–H groups in total. The van der Waals surface area contributed by atoms with Gasteiger partial charge in [0.25, 0.3) is 0 Å². The lowest BCUT2D eigenvalue weighted by molar-refractivity contribution is 0.756. The SMILES string of the molecule is C1CSCCN1.CC(C)N. The van der Waals surface area contributed by atoms with Gasteiger partial charge in [0.1, 0.15) is 0 Å². The highest BCUT2D eigenvalue weighted by molar-refractivity contribution is 7.99. The Morgan fingerprint density at radius 3 is 1.80 bits per heavy atom. The van der Waals surface area contributed by atoms with Crippen LogP contribution in [-0.4, -0.2) is 30.6 Å². The molecule has 1 fully saturated rings. The Morgan fingerprint density at radius 2 is 1.70 bits per heavy atom. The van der Waals surface area contributed by atoms with E-state index in [1.165, 1.54) is 24.6 Å². The lowest BCUT2D eigenvalue weighted by Crippen LogP contribution is -2.24. The fourth-order valence-corrected chi connectivity index (χ4v) is 1.30. The predicted molar refractivity (Wildman–Crippen MR) is 49.5 cm³/mol. The molecule has 62 valence electrons. The normalized spacial score (nSPS) is 18.0. The third-order valence-electron chi connectivity index (χ3n) is 0.846. The highest BCUT2D eigenvalue weighted by Gasteiger charge is 1.93. The molecule has 0 aliphatic carbocycles. The van der Waals surface area contributed by atoms with Gasteiger partial charge in [0.15, 0.2) is 0 Å². The Bertz CT molecular complexity index is 48.4. The molecule has 1 heterocycles. The largest absolute Gasteiger partial charge is 0.328 e. The molecule has 0 atom stereocenters. The van der Waals surface area contributed by atoms with E-state index in [0.29, 0.717) is 6.04 Å². The molecule has 1 aliphatic heterocycles. The maximum absolute atomic E-state index is 5.11. The highest BCUT2D eigenvalue weighted by Crippen LogP contribution is 1.99. The van der Waals surface area contributed by atoms with Crippen molar-refractivity contribution in [3.63, 3.8) is 0 Å². The van der Waals surface area contributed by atoms with E-state index < -0.39 is 0 Å². The molecule has 1 rings (SSSR count). The lowest BCUT2D eigenvalue weighted by Gasteiger charge is -2.08. The maximum Gasteiger partial charge on any atom is 0.00585 e. The molecule has 10 heavy (non-hydrogen) atoms. The summed E-state index contributed by atoms with van der Waals surface area (Å²) >= 11 is 2.03. The number of hydrogen-bond acceptors (Lipinski definition) is 3.